The summed E-state index contributed by atoms with van der Waals surface area (Å²) in [7, 11) is 0. The van der Waals surface area contributed by atoms with Crippen molar-refractivity contribution in [3.63, 3.8) is 0 Å². The fraction of sp³-hybridized carbons (Fsp3) is 0.235. The molecular formula is C17H17NO. The minimum absolute atomic E-state index is 0.00558. The van der Waals surface area contributed by atoms with Crippen molar-refractivity contribution in [2.24, 2.45) is 11.7 Å². The van der Waals surface area contributed by atoms with Crippen LogP contribution in [0.3, 0.4) is 0 Å². The highest BCUT2D eigenvalue weighted by atomic mass is 16.1. The molecular weight excluding hydrogens is 234 g/mol. The normalized spacial score (nSPS) is 21.9. The molecule has 0 amide bonds. The van der Waals surface area contributed by atoms with Crippen LogP contribution in [-0.4, -0.2) is 11.8 Å². The molecule has 0 fully saturated rings. The fourth-order valence-corrected chi connectivity index (χ4v) is 2.73. The Morgan fingerprint density at radius 2 is 1.89 bits per heavy atom. The molecule has 0 saturated heterocycles. The first-order chi connectivity index (χ1) is 9.24. The van der Waals surface area contributed by atoms with Crippen LogP contribution >= 0.6 is 0 Å². The lowest BCUT2D eigenvalue weighted by molar-refractivity contribution is -0.120. The molecule has 0 heterocycles. The van der Waals surface area contributed by atoms with E-state index in [1.165, 1.54) is 10.8 Å². The number of hydrogen-bond donors (Lipinski definition) is 1. The van der Waals surface area contributed by atoms with E-state index in [-0.39, 0.29) is 17.7 Å². The second-order valence-electron chi connectivity index (χ2n) is 5.17. The molecule has 0 radical (unpaired) electrons. The Morgan fingerprint density at radius 1 is 1.11 bits per heavy atom. The Labute approximate surface area is 112 Å². The lowest BCUT2D eigenvalue weighted by atomic mass is 9.94. The number of allylic oxidation sites excluding steroid dienone is 1. The number of ketones is 1. The number of benzene rings is 2. The van der Waals surface area contributed by atoms with Crippen molar-refractivity contribution < 1.29 is 4.79 Å². The zero-order chi connectivity index (χ0) is 13.2. The van der Waals surface area contributed by atoms with E-state index in [9.17, 15) is 4.79 Å². The van der Waals surface area contributed by atoms with Gasteiger partial charge in [-0.2, -0.15) is 0 Å². The van der Waals surface area contributed by atoms with Gasteiger partial charge in [-0.15, -0.1) is 0 Å². The molecule has 2 N–H and O–H groups in total. The van der Waals surface area contributed by atoms with Crippen LogP contribution in [0.5, 0.6) is 0 Å². The van der Waals surface area contributed by atoms with Crippen LogP contribution in [0.15, 0.2) is 54.6 Å². The Morgan fingerprint density at radius 3 is 2.68 bits per heavy atom. The third-order valence-corrected chi connectivity index (χ3v) is 3.77. The first kappa shape index (κ1) is 12.1. The van der Waals surface area contributed by atoms with Crippen LogP contribution in [0.1, 0.15) is 12.0 Å². The number of Topliss-reactive ketones (excluding diaryl/α,β-unsaturated/α-hetero) is 1. The first-order valence-electron chi connectivity index (χ1n) is 6.67. The number of rotatable bonds is 3. The number of nitrogens with two attached hydrogens (primary N) is 1. The van der Waals surface area contributed by atoms with Crippen LogP contribution in [0, 0.1) is 5.92 Å². The van der Waals surface area contributed by atoms with Gasteiger partial charge >= 0.3 is 0 Å². The average molecular weight is 251 g/mol. The maximum atomic E-state index is 12.3. The molecule has 1 aliphatic carbocycles. The largest absolute Gasteiger partial charge is 0.324 e. The quantitative estimate of drug-likeness (QED) is 0.852. The Bertz CT molecular complexity index is 639. The predicted octanol–water partition coefficient (Wildman–Crippen LogP) is 2.85. The van der Waals surface area contributed by atoms with Crippen molar-refractivity contribution in [2.45, 2.75) is 18.9 Å². The van der Waals surface area contributed by atoms with E-state index in [0.717, 1.165) is 12.0 Å². The second kappa shape index (κ2) is 4.98. The SMILES string of the molecule is NC1C=CC(C(=O)Cc2cccc3ccccc23)C1. The van der Waals surface area contributed by atoms with E-state index in [1.807, 2.05) is 36.4 Å². The van der Waals surface area contributed by atoms with Gasteiger partial charge in [0.15, 0.2) is 0 Å². The van der Waals surface area contributed by atoms with Gasteiger partial charge in [-0.25, -0.2) is 0 Å². The van der Waals surface area contributed by atoms with Crippen LogP contribution < -0.4 is 5.73 Å². The molecule has 2 aromatic rings. The van der Waals surface area contributed by atoms with Crippen LogP contribution in [0.25, 0.3) is 10.8 Å². The van der Waals surface area contributed by atoms with E-state index in [4.69, 9.17) is 5.73 Å². The van der Waals surface area contributed by atoms with Gasteiger partial charge in [-0.3, -0.25) is 4.79 Å². The van der Waals surface area contributed by atoms with Crippen LogP contribution in [0.2, 0.25) is 0 Å². The highest BCUT2D eigenvalue weighted by Crippen LogP contribution is 2.23. The third-order valence-electron chi connectivity index (χ3n) is 3.77. The second-order valence-corrected chi connectivity index (χ2v) is 5.17. The van der Waals surface area contributed by atoms with Gasteiger partial charge in [0, 0.05) is 18.4 Å². The van der Waals surface area contributed by atoms with Crippen molar-refractivity contribution in [1.29, 1.82) is 0 Å². The molecule has 2 unspecified atom stereocenters. The Balaban J connectivity index is 1.86. The molecule has 2 atom stereocenters. The Hall–Kier alpha value is -1.93. The zero-order valence-electron chi connectivity index (χ0n) is 10.8. The zero-order valence-corrected chi connectivity index (χ0v) is 10.8. The summed E-state index contributed by atoms with van der Waals surface area (Å²) in [5, 5.41) is 2.36. The molecule has 1 aliphatic rings. The van der Waals surface area contributed by atoms with Gasteiger partial charge in [0.25, 0.3) is 0 Å². The molecule has 19 heavy (non-hydrogen) atoms. The molecule has 2 aromatic carbocycles. The van der Waals surface area contributed by atoms with E-state index < -0.39 is 0 Å². The molecule has 0 spiro atoms. The van der Waals surface area contributed by atoms with Crippen LogP contribution in [-0.2, 0) is 11.2 Å². The van der Waals surface area contributed by atoms with Crippen molar-refractivity contribution in [3.05, 3.63) is 60.2 Å². The lowest BCUT2D eigenvalue weighted by Gasteiger charge is -2.10. The van der Waals surface area contributed by atoms with Crippen molar-refractivity contribution in [3.8, 4) is 0 Å². The Kier molecular flexibility index (Phi) is 3.18. The number of carbonyl (C=O) groups excluding carboxylic acids is 1. The minimum atomic E-state index is -0.00558. The summed E-state index contributed by atoms with van der Waals surface area (Å²) in [6.45, 7) is 0. The summed E-state index contributed by atoms with van der Waals surface area (Å²) < 4.78 is 0. The van der Waals surface area contributed by atoms with E-state index in [1.54, 1.807) is 0 Å². The number of fused-ring (bicyclic) bond motifs is 1. The summed E-state index contributed by atoms with van der Waals surface area (Å²) in [6.07, 6.45) is 5.14. The van der Waals surface area contributed by atoms with Crippen molar-refractivity contribution in [2.75, 3.05) is 0 Å². The van der Waals surface area contributed by atoms with Gasteiger partial charge in [-0.1, -0.05) is 54.6 Å². The van der Waals surface area contributed by atoms with Crippen molar-refractivity contribution >= 4 is 16.6 Å². The molecule has 0 saturated carbocycles. The minimum Gasteiger partial charge on any atom is -0.324 e. The number of hydrogen-bond acceptors (Lipinski definition) is 2. The van der Waals surface area contributed by atoms with Gasteiger partial charge < -0.3 is 5.73 Å². The molecule has 2 nitrogen and oxygen atoms in total. The van der Waals surface area contributed by atoms with Gasteiger partial charge in [0.2, 0.25) is 0 Å². The lowest BCUT2D eigenvalue weighted by Crippen LogP contribution is -2.20. The molecule has 0 aliphatic heterocycles. The van der Waals surface area contributed by atoms with E-state index in [0.29, 0.717) is 6.42 Å². The average Bonchev–Trinajstić information content (AvgIpc) is 2.86. The van der Waals surface area contributed by atoms with Crippen LogP contribution in [0.4, 0.5) is 0 Å². The van der Waals surface area contributed by atoms with Gasteiger partial charge in [0.05, 0.1) is 0 Å². The van der Waals surface area contributed by atoms with Gasteiger partial charge in [-0.05, 0) is 22.8 Å². The summed E-state index contributed by atoms with van der Waals surface area (Å²) >= 11 is 0. The number of carbonyl (C=O) groups is 1. The maximum Gasteiger partial charge on any atom is 0.144 e. The standard InChI is InChI=1S/C17H17NO/c18-15-9-8-14(10-15)17(19)11-13-6-3-5-12-4-1-2-7-16(12)13/h1-9,14-15H,10-11,18H2. The topological polar surface area (TPSA) is 43.1 Å². The maximum absolute atomic E-state index is 12.3. The van der Waals surface area contributed by atoms with Gasteiger partial charge in [0.1, 0.15) is 5.78 Å². The van der Waals surface area contributed by atoms with E-state index in [2.05, 4.69) is 18.2 Å². The summed E-state index contributed by atoms with van der Waals surface area (Å²) in [5.41, 5.74) is 6.92. The first-order valence-corrected chi connectivity index (χ1v) is 6.67. The molecule has 2 heteroatoms. The molecule has 3 rings (SSSR count). The van der Waals surface area contributed by atoms with E-state index >= 15 is 0 Å². The third kappa shape index (κ3) is 2.45. The summed E-state index contributed by atoms with van der Waals surface area (Å²) in [4.78, 5) is 12.3. The molecule has 0 bridgehead atoms. The molecule has 96 valence electrons. The monoisotopic (exact) mass is 251 g/mol. The predicted molar refractivity (Wildman–Crippen MR) is 77.9 cm³/mol. The highest BCUT2D eigenvalue weighted by molar-refractivity contribution is 5.92. The smallest absolute Gasteiger partial charge is 0.144 e. The summed E-state index contributed by atoms with van der Waals surface area (Å²) in [6, 6.07) is 14.4. The molecule has 0 aromatic heterocycles. The highest BCUT2D eigenvalue weighted by Gasteiger charge is 2.22. The fourth-order valence-electron chi connectivity index (χ4n) is 2.73. The van der Waals surface area contributed by atoms with Crippen molar-refractivity contribution in [1.82, 2.24) is 0 Å². The summed E-state index contributed by atoms with van der Waals surface area (Å²) in [5.74, 6) is 0.259.